The highest BCUT2D eigenvalue weighted by atomic mass is 35.5. The Kier molecular flexibility index (Phi) is 7.61. The zero-order chi connectivity index (χ0) is 15.7. The molecule has 0 radical (unpaired) electrons. The van der Waals surface area contributed by atoms with Crippen LogP contribution in [0.1, 0.15) is 17.5 Å². The van der Waals surface area contributed by atoms with Gasteiger partial charge in [-0.25, -0.2) is 0 Å². The second kappa shape index (κ2) is 9.23. The Bertz CT molecular complexity index is 492. The van der Waals surface area contributed by atoms with E-state index in [-0.39, 0.29) is 24.8 Å². The molecule has 0 aliphatic rings. The van der Waals surface area contributed by atoms with Crippen LogP contribution in [0.2, 0.25) is 0 Å². The van der Waals surface area contributed by atoms with Gasteiger partial charge >= 0.3 is 0 Å². The second-order valence-electron chi connectivity index (χ2n) is 4.70. The molecule has 1 rings (SSSR count). The molecule has 0 unspecified atom stereocenters. The third kappa shape index (κ3) is 6.99. The van der Waals surface area contributed by atoms with Gasteiger partial charge in [0.1, 0.15) is 5.75 Å². The Morgan fingerprint density at radius 2 is 1.81 bits per heavy atom. The Balaban J connectivity index is 2.21. The molecular formula is C15H21ClN2O3. The fourth-order valence-corrected chi connectivity index (χ4v) is 1.91. The maximum absolute atomic E-state index is 11.6. The van der Waals surface area contributed by atoms with E-state index in [0.29, 0.717) is 24.7 Å². The number of rotatable bonds is 8. The number of alkyl halides is 1. The molecule has 21 heavy (non-hydrogen) atoms. The zero-order valence-corrected chi connectivity index (χ0v) is 13.1. The predicted molar refractivity (Wildman–Crippen MR) is 82.8 cm³/mol. The normalized spacial score (nSPS) is 10.0. The molecule has 0 aliphatic carbocycles. The predicted octanol–water partition coefficient (Wildman–Crippen LogP) is 1.54. The lowest BCUT2D eigenvalue weighted by Gasteiger charge is -2.10. The first-order valence-corrected chi connectivity index (χ1v) is 7.36. The first-order valence-electron chi connectivity index (χ1n) is 6.82. The third-order valence-electron chi connectivity index (χ3n) is 2.78. The minimum absolute atomic E-state index is 0.0421. The molecule has 0 saturated carbocycles. The number of ether oxygens (including phenoxy) is 1. The summed E-state index contributed by atoms with van der Waals surface area (Å²) in [6, 6.07) is 5.79. The van der Waals surface area contributed by atoms with Gasteiger partial charge in [0.05, 0.1) is 0 Å². The third-order valence-corrected chi connectivity index (χ3v) is 2.97. The molecule has 2 amide bonds. The first kappa shape index (κ1) is 17.3. The molecule has 0 spiro atoms. The smallest absolute Gasteiger partial charge is 0.258 e. The first-order chi connectivity index (χ1) is 10.0. The molecule has 1 aromatic carbocycles. The van der Waals surface area contributed by atoms with Crippen LogP contribution in [0.15, 0.2) is 18.2 Å². The number of aryl methyl sites for hydroxylation is 2. The Morgan fingerprint density at radius 3 is 2.43 bits per heavy atom. The average molecular weight is 313 g/mol. The summed E-state index contributed by atoms with van der Waals surface area (Å²) in [6.07, 6.45) is 0.283. The van der Waals surface area contributed by atoms with Crippen LogP contribution in [0.5, 0.6) is 5.75 Å². The van der Waals surface area contributed by atoms with Crippen LogP contribution in [-0.4, -0.2) is 37.4 Å². The molecule has 1 aromatic rings. The average Bonchev–Trinajstić information content (AvgIpc) is 2.43. The number of benzene rings is 1. The number of nitrogens with one attached hydrogen (secondary N) is 2. The number of amides is 2. The minimum atomic E-state index is -0.221. The van der Waals surface area contributed by atoms with Crippen LogP contribution in [-0.2, 0) is 9.59 Å². The van der Waals surface area contributed by atoms with Crippen molar-refractivity contribution < 1.29 is 14.3 Å². The standard InChI is InChI=1S/C15H21ClN2O3/c1-11-3-4-13(12(2)9-11)21-10-15(20)18-8-7-17-14(19)5-6-16/h3-4,9H,5-8,10H2,1-2H3,(H,17,19)(H,18,20). The molecule has 6 heteroatoms. The molecule has 2 N–H and O–H groups in total. The molecule has 0 saturated heterocycles. The highest BCUT2D eigenvalue weighted by Crippen LogP contribution is 2.18. The van der Waals surface area contributed by atoms with Gasteiger partial charge in [-0.2, -0.15) is 0 Å². The summed E-state index contributed by atoms with van der Waals surface area (Å²) in [7, 11) is 0. The molecule has 0 bridgehead atoms. The Morgan fingerprint density at radius 1 is 1.14 bits per heavy atom. The van der Waals surface area contributed by atoms with Crippen molar-refractivity contribution in [1.29, 1.82) is 0 Å². The lowest BCUT2D eigenvalue weighted by molar-refractivity contribution is -0.124. The highest BCUT2D eigenvalue weighted by Gasteiger charge is 2.05. The van der Waals surface area contributed by atoms with Gasteiger partial charge in [0.25, 0.3) is 5.91 Å². The van der Waals surface area contributed by atoms with Gasteiger partial charge in [-0.3, -0.25) is 9.59 Å². The van der Waals surface area contributed by atoms with E-state index in [1.807, 2.05) is 32.0 Å². The fraction of sp³-hybridized carbons (Fsp3) is 0.467. The maximum atomic E-state index is 11.6. The summed E-state index contributed by atoms with van der Waals surface area (Å²) in [6.45, 7) is 4.64. The van der Waals surface area contributed by atoms with Crippen molar-refractivity contribution in [2.45, 2.75) is 20.3 Å². The number of hydrogen-bond donors (Lipinski definition) is 2. The van der Waals surface area contributed by atoms with Crippen molar-refractivity contribution in [1.82, 2.24) is 10.6 Å². The lowest BCUT2D eigenvalue weighted by atomic mass is 10.1. The molecule has 5 nitrogen and oxygen atoms in total. The number of halogens is 1. The minimum Gasteiger partial charge on any atom is -0.484 e. The number of carbonyl (C=O) groups excluding carboxylic acids is 2. The van der Waals surface area contributed by atoms with E-state index in [4.69, 9.17) is 16.3 Å². The van der Waals surface area contributed by atoms with E-state index >= 15 is 0 Å². The topological polar surface area (TPSA) is 67.4 Å². The van der Waals surface area contributed by atoms with Gasteiger partial charge in [0.2, 0.25) is 5.91 Å². The zero-order valence-electron chi connectivity index (χ0n) is 12.4. The molecule has 116 valence electrons. The van der Waals surface area contributed by atoms with E-state index in [2.05, 4.69) is 10.6 Å². The van der Waals surface area contributed by atoms with Crippen LogP contribution >= 0.6 is 11.6 Å². The summed E-state index contributed by atoms with van der Waals surface area (Å²) in [4.78, 5) is 22.7. The maximum Gasteiger partial charge on any atom is 0.258 e. The molecule has 0 heterocycles. The molecule has 0 atom stereocenters. The summed E-state index contributed by atoms with van der Waals surface area (Å²) in [5.41, 5.74) is 2.15. The van der Waals surface area contributed by atoms with Crippen molar-refractivity contribution in [2.75, 3.05) is 25.6 Å². The summed E-state index contributed by atoms with van der Waals surface area (Å²) in [5, 5.41) is 5.32. The van der Waals surface area contributed by atoms with Crippen molar-refractivity contribution in [3.8, 4) is 5.75 Å². The number of carbonyl (C=O) groups is 2. The molecule has 0 aromatic heterocycles. The molecule has 0 fully saturated rings. The van der Waals surface area contributed by atoms with E-state index in [1.54, 1.807) is 0 Å². The summed E-state index contributed by atoms with van der Waals surface area (Å²) < 4.78 is 5.45. The second-order valence-corrected chi connectivity index (χ2v) is 5.07. The van der Waals surface area contributed by atoms with E-state index in [1.165, 1.54) is 0 Å². The van der Waals surface area contributed by atoms with Gasteiger partial charge in [0, 0.05) is 25.4 Å². The monoisotopic (exact) mass is 312 g/mol. The quantitative estimate of drug-likeness (QED) is 0.565. The molecule has 0 aliphatic heterocycles. The van der Waals surface area contributed by atoms with Gasteiger partial charge in [-0.15, -0.1) is 11.6 Å². The van der Waals surface area contributed by atoms with Crippen LogP contribution in [0.3, 0.4) is 0 Å². The van der Waals surface area contributed by atoms with Crippen molar-refractivity contribution in [2.24, 2.45) is 0 Å². The van der Waals surface area contributed by atoms with Crippen molar-refractivity contribution >= 4 is 23.4 Å². The van der Waals surface area contributed by atoms with Gasteiger partial charge < -0.3 is 15.4 Å². The Labute approximate surface area is 130 Å². The van der Waals surface area contributed by atoms with Gasteiger partial charge in [-0.1, -0.05) is 17.7 Å². The highest BCUT2D eigenvalue weighted by molar-refractivity contribution is 6.18. The van der Waals surface area contributed by atoms with Gasteiger partial charge in [-0.05, 0) is 25.5 Å². The van der Waals surface area contributed by atoms with Crippen molar-refractivity contribution in [3.05, 3.63) is 29.3 Å². The summed E-state index contributed by atoms with van der Waals surface area (Å²) >= 11 is 5.43. The van der Waals surface area contributed by atoms with Crippen LogP contribution < -0.4 is 15.4 Å². The van der Waals surface area contributed by atoms with E-state index < -0.39 is 0 Å². The van der Waals surface area contributed by atoms with Gasteiger partial charge in [0.15, 0.2) is 6.61 Å². The lowest BCUT2D eigenvalue weighted by Crippen LogP contribution is -2.36. The molecular weight excluding hydrogens is 292 g/mol. The van der Waals surface area contributed by atoms with Crippen LogP contribution in [0.25, 0.3) is 0 Å². The van der Waals surface area contributed by atoms with Crippen LogP contribution in [0.4, 0.5) is 0 Å². The Hall–Kier alpha value is -1.75. The SMILES string of the molecule is Cc1ccc(OCC(=O)NCCNC(=O)CCCl)c(C)c1. The number of hydrogen-bond acceptors (Lipinski definition) is 3. The van der Waals surface area contributed by atoms with E-state index in [0.717, 1.165) is 11.1 Å². The van der Waals surface area contributed by atoms with E-state index in [9.17, 15) is 9.59 Å². The largest absolute Gasteiger partial charge is 0.484 e. The summed E-state index contributed by atoms with van der Waals surface area (Å²) in [5.74, 6) is 0.653. The van der Waals surface area contributed by atoms with Crippen molar-refractivity contribution in [3.63, 3.8) is 0 Å². The van der Waals surface area contributed by atoms with Crippen LogP contribution in [0, 0.1) is 13.8 Å². The fourth-order valence-electron chi connectivity index (χ4n) is 1.73.